The summed E-state index contributed by atoms with van der Waals surface area (Å²) in [6.07, 6.45) is 1.62. The van der Waals surface area contributed by atoms with Gasteiger partial charge in [0.1, 0.15) is 11.4 Å². The lowest BCUT2D eigenvalue weighted by atomic mass is 10.2. The highest BCUT2D eigenvalue weighted by molar-refractivity contribution is 5.92. The van der Waals surface area contributed by atoms with E-state index in [9.17, 15) is 4.79 Å². The van der Waals surface area contributed by atoms with Gasteiger partial charge in [-0.05, 0) is 54.4 Å². The van der Waals surface area contributed by atoms with Crippen LogP contribution in [0.2, 0.25) is 0 Å². The zero-order valence-electron chi connectivity index (χ0n) is 16.2. The van der Waals surface area contributed by atoms with E-state index in [1.165, 1.54) is 0 Å². The van der Waals surface area contributed by atoms with E-state index >= 15 is 0 Å². The number of fused-ring (bicyclic) bond motifs is 1. The molecule has 1 aromatic heterocycles. The minimum Gasteiger partial charge on any atom is -0.495 e. The van der Waals surface area contributed by atoms with E-state index in [-0.39, 0.29) is 12.7 Å². The van der Waals surface area contributed by atoms with Gasteiger partial charge in [0.2, 0.25) is 6.79 Å². The Morgan fingerprint density at radius 3 is 2.76 bits per heavy atom. The smallest absolute Gasteiger partial charge is 0.270 e. The number of hydrogen-bond acceptors (Lipinski definition) is 6. The maximum atomic E-state index is 12.4. The number of anilines is 2. The molecule has 0 bridgehead atoms. The monoisotopic (exact) mass is 391 g/mol. The van der Waals surface area contributed by atoms with Gasteiger partial charge in [0, 0.05) is 6.54 Å². The molecule has 1 amide bonds. The maximum Gasteiger partial charge on any atom is 0.270 e. The third-order valence-electron chi connectivity index (χ3n) is 4.52. The Bertz CT molecular complexity index is 1030. The minimum atomic E-state index is -0.248. The number of carbonyl (C=O) groups excluding carboxylic acids is 1. The molecular formula is C22H21N3O4. The van der Waals surface area contributed by atoms with Crippen LogP contribution in [-0.4, -0.2) is 24.8 Å². The van der Waals surface area contributed by atoms with Gasteiger partial charge in [-0.2, -0.15) is 0 Å². The number of aromatic nitrogens is 1. The summed E-state index contributed by atoms with van der Waals surface area (Å²) in [6.45, 7) is 2.61. The van der Waals surface area contributed by atoms with Gasteiger partial charge in [0.05, 0.1) is 24.7 Å². The summed E-state index contributed by atoms with van der Waals surface area (Å²) in [7, 11) is 1.63. The van der Waals surface area contributed by atoms with Crippen LogP contribution in [-0.2, 0) is 6.54 Å². The fourth-order valence-corrected chi connectivity index (χ4v) is 3.00. The van der Waals surface area contributed by atoms with Gasteiger partial charge in [-0.1, -0.05) is 12.1 Å². The first-order chi connectivity index (χ1) is 14.1. The van der Waals surface area contributed by atoms with Crippen LogP contribution in [0.25, 0.3) is 0 Å². The fourth-order valence-electron chi connectivity index (χ4n) is 3.00. The second-order valence-electron chi connectivity index (χ2n) is 6.63. The Balaban J connectivity index is 1.38. The molecule has 0 spiro atoms. The summed E-state index contributed by atoms with van der Waals surface area (Å²) in [5.74, 6) is 1.90. The normalized spacial score (nSPS) is 11.8. The van der Waals surface area contributed by atoms with Gasteiger partial charge in [-0.15, -0.1) is 0 Å². The second kappa shape index (κ2) is 8.10. The molecule has 7 heteroatoms. The predicted octanol–water partition coefficient (Wildman–Crippen LogP) is 3.80. The number of hydrogen-bond donors (Lipinski definition) is 2. The van der Waals surface area contributed by atoms with Crippen molar-refractivity contribution in [2.45, 2.75) is 13.5 Å². The van der Waals surface area contributed by atoms with Crippen molar-refractivity contribution in [3.05, 3.63) is 71.5 Å². The molecular weight excluding hydrogens is 370 g/mol. The SMILES string of the molecule is COc1ccc(C)cc1Nc1ccc(C(=O)NCc2ccc3c(c2)OCO3)nc1. The molecule has 0 fully saturated rings. The number of amides is 1. The highest BCUT2D eigenvalue weighted by atomic mass is 16.7. The maximum absolute atomic E-state index is 12.4. The molecule has 0 radical (unpaired) electrons. The third-order valence-corrected chi connectivity index (χ3v) is 4.52. The molecule has 1 aliphatic rings. The van der Waals surface area contributed by atoms with E-state index in [2.05, 4.69) is 15.6 Å². The third kappa shape index (κ3) is 4.24. The number of ether oxygens (including phenoxy) is 3. The Kier molecular flexibility index (Phi) is 5.20. The minimum absolute atomic E-state index is 0.226. The average molecular weight is 391 g/mol. The topological polar surface area (TPSA) is 81.7 Å². The Hall–Kier alpha value is -3.74. The number of benzene rings is 2. The number of rotatable bonds is 6. The van der Waals surface area contributed by atoms with E-state index in [4.69, 9.17) is 14.2 Å². The van der Waals surface area contributed by atoms with Gasteiger partial charge in [-0.3, -0.25) is 4.79 Å². The summed E-state index contributed by atoms with van der Waals surface area (Å²) in [5, 5.41) is 6.13. The molecule has 0 unspecified atom stereocenters. The molecule has 1 aliphatic heterocycles. The molecule has 0 atom stereocenters. The van der Waals surface area contributed by atoms with Crippen molar-refractivity contribution in [1.82, 2.24) is 10.3 Å². The van der Waals surface area contributed by atoms with E-state index in [0.717, 1.165) is 34.0 Å². The van der Waals surface area contributed by atoms with Gasteiger partial charge in [0.15, 0.2) is 11.5 Å². The molecule has 7 nitrogen and oxygen atoms in total. The van der Waals surface area contributed by atoms with E-state index in [1.54, 1.807) is 19.4 Å². The van der Waals surface area contributed by atoms with Crippen LogP contribution in [0.15, 0.2) is 54.7 Å². The largest absolute Gasteiger partial charge is 0.495 e. The van der Waals surface area contributed by atoms with Crippen LogP contribution in [0, 0.1) is 6.92 Å². The summed E-state index contributed by atoms with van der Waals surface area (Å²) >= 11 is 0. The van der Waals surface area contributed by atoms with Crippen molar-refractivity contribution in [3.63, 3.8) is 0 Å². The lowest BCUT2D eigenvalue weighted by Crippen LogP contribution is -2.23. The van der Waals surface area contributed by atoms with Gasteiger partial charge in [0.25, 0.3) is 5.91 Å². The van der Waals surface area contributed by atoms with Gasteiger partial charge < -0.3 is 24.8 Å². The molecule has 0 aliphatic carbocycles. The Morgan fingerprint density at radius 2 is 1.97 bits per heavy atom. The first-order valence-corrected chi connectivity index (χ1v) is 9.17. The molecule has 2 heterocycles. The zero-order chi connectivity index (χ0) is 20.2. The van der Waals surface area contributed by atoms with Crippen LogP contribution in [0.4, 0.5) is 11.4 Å². The van der Waals surface area contributed by atoms with E-state index in [1.807, 2.05) is 49.4 Å². The zero-order valence-corrected chi connectivity index (χ0v) is 16.2. The summed E-state index contributed by atoms with van der Waals surface area (Å²) in [6, 6.07) is 15.0. The number of nitrogens with zero attached hydrogens (tertiary/aromatic N) is 1. The summed E-state index contributed by atoms with van der Waals surface area (Å²) in [5.41, 5.74) is 3.98. The Labute approximate surface area is 168 Å². The molecule has 2 N–H and O–H groups in total. The van der Waals surface area contributed by atoms with Crippen LogP contribution in [0.1, 0.15) is 21.6 Å². The second-order valence-corrected chi connectivity index (χ2v) is 6.63. The molecule has 148 valence electrons. The molecule has 29 heavy (non-hydrogen) atoms. The number of nitrogens with one attached hydrogen (secondary N) is 2. The van der Waals surface area contributed by atoms with Crippen LogP contribution >= 0.6 is 0 Å². The van der Waals surface area contributed by atoms with Crippen molar-refractivity contribution in [1.29, 1.82) is 0 Å². The quantitative estimate of drug-likeness (QED) is 0.665. The van der Waals surface area contributed by atoms with Crippen molar-refractivity contribution in [2.24, 2.45) is 0 Å². The van der Waals surface area contributed by atoms with Crippen LogP contribution < -0.4 is 24.8 Å². The van der Waals surface area contributed by atoms with Crippen molar-refractivity contribution < 1.29 is 19.0 Å². The predicted molar refractivity (Wildman–Crippen MR) is 109 cm³/mol. The average Bonchev–Trinajstić information content (AvgIpc) is 3.21. The summed E-state index contributed by atoms with van der Waals surface area (Å²) in [4.78, 5) is 16.7. The standard InChI is InChI=1S/C22H21N3O4/c1-14-3-7-19(27-2)18(9-14)25-16-5-6-17(23-12-16)22(26)24-11-15-4-8-20-21(10-15)29-13-28-20/h3-10,12,25H,11,13H2,1-2H3,(H,24,26). The lowest BCUT2D eigenvalue weighted by molar-refractivity contribution is 0.0946. The molecule has 2 aromatic carbocycles. The number of pyridine rings is 1. The highest BCUT2D eigenvalue weighted by Gasteiger charge is 2.14. The van der Waals surface area contributed by atoms with Gasteiger partial charge >= 0.3 is 0 Å². The van der Waals surface area contributed by atoms with Gasteiger partial charge in [-0.25, -0.2) is 4.98 Å². The van der Waals surface area contributed by atoms with Crippen LogP contribution in [0.3, 0.4) is 0 Å². The number of methoxy groups -OCH3 is 1. The first-order valence-electron chi connectivity index (χ1n) is 9.17. The number of aryl methyl sites for hydroxylation is 1. The molecule has 3 aromatic rings. The lowest BCUT2D eigenvalue weighted by Gasteiger charge is -2.12. The van der Waals surface area contributed by atoms with Crippen LogP contribution in [0.5, 0.6) is 17.2 Å². The van der Waals surface area contributed by atoms with E-state index in [0.29, 0.717) is 18.0 Å². The Morgan fingerprint density at radius 1 is 1.10 bits per heavy atom. The van der Waals surface area contributed by atoms with Crippen molar-refractivity contribution in [2.75, 3.05) is 19.2 Å². The fraction of sp³-hybridized carbons (Fsp3) is 0.182. The molecule has 0 saturated heterocycles. The molecule has 4 rings (SSSR count). The first kappa shape index (κ1) is 18.6. The summed E-state index contributed by atoms with van der Waals surface area (Å²) < 4.78 is 16.0. The molecule has 0 saturated carbocycles. The van der Waals surface area contributed by atoms with Crippen molar-refractivity contribution >= 4 is 17.3 Å². The highest BCUT2D eigenvalue weighted by Crippen LogP contribution is 2.32. The van der Waals surface area contributed by atoms with E-state index < -0.39 is 0 Å². The van der Waals surface area contributed by atoms with Crippen molar-refractivity contribution in [3.8, 4) is 17.2 Å². The number of carbonyl (C=O) groups is 1.